The molecule has 0 radical (unpaired) electrons. The second-order valence-electron chi connectivity index (χ2n) is 3.95. The molecule has 0 saturated heterocycles. The Labute approximate surface area is 109 Å². The summed E-state index contributed by atoms with van der Waals surface area (Å²) in [7, 11) is 3.45. The van der Waals surface area contributed by atoms with Crippen LogP contribution in [-0.4, -0.2) is 25.5 Å². The average molecular weight is 269 g/mol. The van der Waals surface area contributed by atoms with E-state index >= 15 is 0 Å². The first-order valence-corrected chi connectivity index (χ1v) is 5.70. The number of hydrogen-bond acceptors (Lipinski definition) is 4. The number of nitrogens with zero attached hydrogens (tertiary/aromatic N) is 4. The smallest absolute Gasteiger partial charge is 0.358 e. The van der Waals surface area contributed by atoms with Gasteiger partial charge in [0, 0.05) is 25.9 Å². The maximum atomic E-state index is 11.8. The number of carbonyl (C=O) groups is 1. The van der Waals surface area contributed by atoms with Crippen molar-refractivity contribution in [3.8, 4) is 0 Å². The monoisotopic (exact) mass is 268 g/mol. The van der Waals surface area contributed by atoms with Crippen molar-refractivity contribution >= 4 is 17.6 Å². The fourth-order valence-electron chi connectivity index (χ4n) is 1.64. The van der Waals surface area contributed by atoms with Crippen LogP contribution in [0.3, 0.4) is 0 Å². The molecule has 0 aliphatic carbocycles. The highest BCUT2D eigenvalue weighted by atomic mass is 35.5. The van der Waals surface area contributed by atoms with Gasteiger partial charge < -0.3 is 4.74 Å². The van der Waals surface area contributed by atoms with E-state index in [1.54, 1.807) is 11.7 Å². The molecule has 0 N–H and O–H groups in total. The Kier molecular flexibility index (Phi) is 3.38. The van der Waals surface area contributed by atoms with Crippen LogP contribution in [0.15, 0.2) is 12.4 Å². The zero-order chi connectivity index (χ0) is 13.3. The van der Waals surface area contributed by atoms with Crippen LogP contribution in [0.25, 0.3) is 0 Å². The summed E-state index contributed by atoms with van der Waals surface area (Å²) in [5.74, 6) is -0.497. The lowest BCUT2D eigenvalue weighted by Crippen LogP contribution is -2.11. The van der Waals surface area contributed by atoms with Gasteiger partial charge in [0.1, 0.15) is 6.61 Å². The first kappa shape index (κ1) is 12.6. The van der Waals surface area contributed by atoms with Crippen molar-refractivity contribution in [3.05, 3.63) is 34.4 Å². The molecule has 0 atom stereocenters. The van der Waals surface area contributed by atoms with Crippen molar-refractivity contribution < 1.29 is 9.53 Å². The van der Waals surface area contributed by atoms with Gasteiger partial charge in [0.25, 0.3) is 0 Å². The quantitative estimate of drug-likeness (QED) is 0.791. The highest BCUT2D eigenvalue weighted by molar-refractivity contribution is 6.33. The molecule has 96 valence electrons. The molecular weight excluding hydrogens is 256 g/mol. The summed E-state index contributed by atoms with van der Waals surface area (Å²) in [6, 6.07) is 0. The number of aromatic nitrogens is 4. The van der Waals surface area contributed by atoms with Crippen LogP contribution in [0, 0.1) is 6.92 Å². The lowest BCUT2D eigenvalue weighted by molar-refractivity contribution is 0.0459. The molecule has 0 saturated carbocycles. The van der Waals surface area contributed by atoms with E-state index < -0.39 is 5.97 Å². The molecule has 0 aromatic carbocycles. The Bertz CT molecular complexity index is 568. The van der Waals surface area contributed by atoms with Crippen molar-refractivity contribution in [2.45, 2.75) is 13.5 Å². The molecule has 0 fully saturated rings. The Morgan fingerprint density at radius 2 is 2.22 bits per heavy atom. The van der Waals surface area contributed by atoms with E-state index in [9.17, 15) is 4.79 Å². The van der Waals surface area contributed by atoms with Gasteiger partial charge in [-0.05, 0) is 6.92 Å². The lowest BCUT2D eigenvalue weighted by atomic mass is 10.3. The van der Waals surface area contributed by atoms with Crippen molar-refractivity contribution in [2.75, 3.05) is 0 Å². The molecule has 2 heterocycles. The van der Waals surface area contributed by atoms with Gasteiger partial charge in [-0.25, -0.2) is 4.79 Å². The standard InChI is InChI=1S/C11H13ClN4O2/c1-7-8(5-15(2)14-7)6-18-11(17)10-9(12)4-13-16(10)3/h4-5H,6H2,1-3H3. The molecule has 0 amide bonds. The molecule has 2 aromatic heterocycles. The molecule has 2 rings (SSSR count). The molecule has 2 aromatic rings. The largest absolute Gasteiger partial charge is 0.456 e. The fourth-order valence-corrected chi connectivity index (χ4v) is 1.89. The van der Waals surface area contributed by atoms with E-state index in [2.05, 4.69) is 10.2 Å². The van der Waals surface area contributed by atoms with Crippen LogP contribution in [-0.2, 0) is 25.4 Å². The predicted octanol–water partition coefficient (Wildman–Crippen LogP) is 1.47. The first-order valence-electron chi connectivity index (χ1n) is 5.32. The molecule has 18 heavy (non-hydrogen) atoms. The molecule has 0 spiro atoms. The summed E-state index contributed by atoms with van der Waals surface area (Å²) < 4.78 is 8.26. The molecular formula is C11H13ClN4O2. The van der Waals surface area contributed by atoms with E-state index in [0.717, 1.165) is 11.3 Å². The number of hydrogen-bond donors (Lipinski definition) is 0. The summed E-state index contributed by atoms with van der Waals surface area (Å²) in [5.41, 5.74) is 1.95. The second-order valence-corrected chi connectivity index (χ2v) is 4.36. The zero-order valence-corrected chi connectivity index (χ0v) is 11.1. The van der Waals surface area contributed by atoms with Crippen molar-refractivity contribution in [1.29, 1.82) is 0 Å². The van der Waals surface area contributed by atoms with E-state index in [-0.39, 0.29) is 17.3 Å². The first-order chi connectivity index (χ1) is 8.49. The van der Waals surface area contributed by atoms with Crippen molar-refractivity contribution in [1.82, 2.24) is 19.6 Å². The summed E-state index contributed by atoms with van der Waals surface area (Å²) in [5, 5.41) is 8.33. The van der Waals surface area contributed by atoms with Gasteiger partial charge in [0.2, 0.25) is 0 Å². The minimum Gasteiger partial charge on any atom is -0.456 e. The minimum atomic E-state index is -0.497. The van der Waals surface area contributed by atoms with E-state index in [1.807, 2.05) is 20.2 Å². The third-order valence-corrected chi connectivity index (χ3v) is 2.84. The predicted molar refractivity (Wildman–Crippen MR) is 65.3 cm³/mol. The van der Waals surface area contributed by atoms with Gasteiger partial charge in [0.05, 0.1) is 16.9 Å². The summed E-state index contributed by atoms with van der Waals surface area (Å²) in [6.07, 6.45) is 3.22. The Balaban J connectivity index is 2.07. The van der Waals surface area contributed by atoms with Gasteiger partial charge in [-0.1, -0.05) is 11.6 Å². The highest BCUT2D eigenvalue weighted by Gasteiger charge is 2.17. The van der Waals surface area contributed by atoms with E-state index in [1.165, 1.54) is 10.9 Å². The third kappa shape index (κ3) is 2.38. The number of halogens is 1. The van der Waals surface area contributed by atoms with Crippen molar-refractivity contribution in [2.24, 2.45) is 14.1 Å². The molecule has 7 heteroatoms. The molecule has 0 unspecified atom stereocenters. The van der Waals surface area contributed by atoms with E-state index in [0.29, 0.717) is 0 Å². The van der Waals surface area contributed by atoms with Crippen molar-refractivity contribution in [3.63, 3.8) is 0 Å². The van der Waals surface area contributed by atoms with Crippen LogP contribution in [0.2, 0.25) is 5.02 Å². The minimum absolute atomic E-state index is 0.167. The maximum Gasteiger partial charge on any atom is 0.358 e. The van der Waals surface area contributed by atoms with Crippen LogP contribution in [0.5, 0.6) is 0 Å². The Morgan fingerprint density at radius 1 is 1.50 bits per heavy atom. The fraction of sp³-hybridized carbons (Fsp3) is 0.364. The normalized spacial score (nSPS) is 10.7. The second kappa shape index (κ2) is 4.81. The van der Waals surface area contributed by atoms with Gasteiger partial charge in [0.15, 0.2) is 5.69 Å². The average Bonchev–Trinajstić information content (AvgIpc) is 2.79. The van der Waals surface area contributed by atoms with Gasteiger partial charge in [-0.3, -0.25) is 9.36 Å². The molecule has 0 bridgehead atoms. The third-order valence-electron chi connectivity index (χ3n) is 2.56. The van der Waals surface area contributed by atoms with Crippen LogP contribution >= 0.6 is 11.6 Å². The van der Waals surface area contributed by atoms with Gasteiger partial charge in [-0.2, -0.15) is 10.2 Å². The molecule has 0 aliphatic heterocycles. The lowest BCUT2D eigenvalue weighted by Gasteiger charge is -2.04. The topological polar surface area (TPSA) is 61.9 Å². The SMILES string of the molecule is Cc1nn(C)cc1COC(=O)c1c(Cl)cnn1C. The van der Waals surface area contributed by atoms with E-state index in [4.69, 9.17) is 16.3 Å². The number of esters is 1. The number of aryl methyl sites for hydroxylation is 3. The number of carbonyl (C=O) groups excluding carboxylic acids is 1. The van der Waals surface area contributed by atoms with Crippen LogP contribution in [0.4, 0.5) is 0 Å². The Hall–Kier alpha value is -1.82. The zero-order valence-electron chi connectivity index (χ0n) is 10.3. The number of rotatable bonds is 3. The maximum absolute atomic E-state index is 11.8. The highest BCUT2D eigenvalue weighted by Crippen LogP contribution is 2.16. The molecule has 6 nitrogen and oxygen atoms in total. The van der Waals surface area contributed by atoms with Gasteiger partial charge in [-0.15, -0.1) is 0 Å². The number of ether oxygens (including phenoxy) is 1. The summed E-state index contributed by atoms with van der Waals surface area (Å²) >= 11 is 5.86. The Morgan fingerprint density at radius 3 is 2.72 bits per heavy atom. The summed E-state index contributed by atoms with van der Waals surface area (Å²) in [4.78, 5) is 11.8. The molecule has 0 aliphatic rings. The van der Waals surface area contributed by atoms with Crippen LogP contribution < -0.4 is 0 Å². The van der Waals surface area contributed by atoms with Gasteiger partial charge >= 0.3 is 5.97 Å². The van der Waals surface area contributed by atoms with Crippen LogP contribution in [0.1, 0.15) is 21.7 Å². The summed E-state index contributed by atoms with van der Waals surface area (Å²) in [6.45, 7) is 2.03.